The van der Waals surface area contributed by atoms with Gasteiger partial charge in [-0.3, -0.25) is 0 Å². The second kappa shape index (κ2) is 4.33. The molecule has 1 aliphatic rings. The largest absolute Gasteiger partial charge is 0.508 e. The van der Waals surface area contributed by atoms with Crippen LogP contribution in [0.25, 0.3) is 16.0 Å². The van der Waals surface area contributed by atoms with Crippen LogP contribution in [0.15, 0.2) is 30.3 Å². The number of phenolic OH excluding ortho intramolecular Hbond substituents is 1. The van der Waals surface area contributed by atoms with E-state index in [9.17, 15) is 5.11 Å². The average molecular weight is 251 g/mol. The smallest absolute Gasteiger partial charge is 0.188 e. The van der Waals surface area contributed by atoms with Gasteiger partial charge in [0.1, 0.15) is 11.5 Å². The molecule has 2 aromatic rings. The maximum atomic E-state index is 9.84. The van der Waals surface area contributed by atoms with E-state index < -0.39 is 0 Å². The molecule has 0 saturated heterocycles. The van der Waals surface area contributed by atoms with E-state index >= 15 is 0 Å². The van der Waals surface area contributed by atoms with Crippen LogP contribution in [0.3, 0.4) is 0 Å². The lowest BCUT2D eigenvalue weighted by molar-refractivity contribution is 0.358. The van der Waals surface area contributed by atoms with E-state index in [0.29, 0.717) is 12.3 Å². The molecule has 19 heavy (non-hydrogen) atoms. The van der Waals surface area contributed by atoms with E-state index in [-0.39, 0.29) is 5.75 Å². The molecule has 1 heterocycles. The maximum absolute atomic E-state index is 9.84. The number of benzene rings is 2. The first-order chi connectivity index (χ1) is 9.19. The molecule has 0 fully saturated rings. The van der Waals surface area contributed by atoms with Gasteiger partial charge in [-0.05, 0) is 41.8 Å². The van der Waals surface area contributed by atoms with Crippen molar-refractivity contribution in [3.05, 3.63) is 52.9 Å². The lowest BCUT2D eigenvalue weighted by Crippen LogP contribution is -1.89. The molecule has 94 valence electrons. The second-order valence-corrected chi connectivity index (χ2v) is 4.69. The Bertz CT molecular complexity index is 699. The summed E-state index contributed by atoms with van der Waals surface area (Å²) in [6.07, 6.45) is 0.837. The van der Waals surface area contributed by atoms with Gasteiger partial charge in [-0.2, -0.15) is 0 Å². The van der Waals surface area contributed by atoms with Crippen molar-refractivity contribution in [3.63, 3.8) is 0 Å². The van der Waals surface area contributed by atoms with Gasteiger partial charge in [-0.15, -0.1) is 0 Å². The van der Waals surface area contributed by atoms with Gasteiger partial charge in [0.05, 0.1) is 13.2 Å². The van der Waals surface area contributed by atoms with Crippen molar-refractivity contribution in [1.29, 1.82) is 0 Å². The molecule has 0 spiro atoms. The highest BCUT2D eigenvalue weighted by Crippen LogP contribution is 2.41. The number of aryl methyl sites for hydroxylation is 1. The van der Waals surface area contributed by atoms with Crippen molar-refractivity contribution in [3.8, 4) is 22.6 Å². The Hall–Kier alpha value is -2.47. The Morgan fingerprint density at radius 3 is 2.84 bits per heavy atom. The van der Waals surface area contributed by atoms with Crippen LogP contribution in [0.4, 0.5) is 5.69 Å². The molecule has 1 N–H and O–H groups in total. The van der Waals surface area contributed by atoms with E-state index in [1.165, 1.54) is 0 Å². The van der Waals surface area contributed by atoms with Gasteiger partial charge in [-0.1, -0.05) is 12.1 Å². The summed E-state index contributed by atoms with van der Waals surface area (Å²) in [5, 5.41) is 9.84. The van der Waals surface area contributed by atoms with Gasteiger partial charge in [0.25, 0.3) is 0 Å². The second-order valence-electron chi connectivity index (χ2n) is 4.69. The summed E-state index contributed by atoms with van der Waals surface area (Å²) in [7, 11) is 0. The predicted octanol–water partition coefficient (Wildman–Crippen LogP) is 3.85. The molecule has 0 saturated carbocycles. The van der Waals surface area contributed by atoms with Crippen LogP contribution in [0, 0.1) is 13.5 Å². The van der Waals surface area contributed by atoms with Gasteiger partial charge in [0.15, 0.2) is 5.69 Å². The van der Waals surface area contributed by atoms with Gasteiger partial charge in [0, 0.05) is 12.0 Å². The average Bonchev–Trinajstić information content (AvgIpc) is 2.89. The molecule has 1 aliphatic heterocycles. The third-order valence-corrected chi connectivity index (χ3v) is 3.42. The van der Waals surface area contributed by atoms with Crippen LogP contribution in [0.5, 0.6) is 11.5 Å². The zero-order valence-corrected chi connectivity index (χ0v) is 10.6. The molecular formula is C16H13NO2. The van der Waals surface area contributed by atoms with Crippen LogP contribution in [-0.4, -0.2) is 11.7 Å². The molecule has 0 bridgehead atoms. The summed E-state index contributed by atoms with van der Waals surface area (Å²) >= 11 is 0. The number of nitrogens with zero attached hydrogens (tertiary/aromatic N) is 1. The quantitative estimate of drug-likeness (QED) is 0.781. The molecule has 0 radical (unpaired) electrons. The molecule has 2 aromatic carbocycles. The Morgan fingerprint density at radius 2 is 2.11 bits per heavy atom. The van der Waals surface area contributed by atoms with Crippen molar-refractivity contribution in [1.82, 2.24) is 0 Å². The minimum absolute atomic E-state index is 0.262. The number of fused-ring (bicyclic) bond motifs is 1. The summed E-state index contributed by atoms with van der Waals surface area (Å²) in [6.45, 7) is 9.69. The fourth-order valence-corrected chi connectivity index (χ4v) is 2.35. The zero-order valence-electron chi connectivity index (χ0n) is 10.6. The van der Waals surface area contributed by atoms with Crippen molar-refractivity contribution in [2.24, 2.45) is 0 Å². The van der Waals surface area contributed by atoms with Crippen LogP contribution in [0.2, 0.25) is 0 Å². The molecule has 0 aromatic heterocycles. The van der Waals surface area contributed by atoms with Crippen LogP contribution < -0.4 is 4.74 Å². The van der Waals surface area contributed by atoms with E-state index in [1.807, 2.05) is 31.2 Å². The molecule has 0 aliphatic carbocycles. The minimum atomic E-state index is 0.262. The molecular weight excluding hydrogens is 238 g/mol. The van der Waals surface area contributed by atoms with E-state index in [0.717, 1.165) is 34.4 Å². The highest BCUT2D eigenvalue weighted by Gasteiger charge is 2.19. The van der Waals surface area contributed by atoms with Crippen LogP contribution in [-0.2, 0) is 6.42 Å². The molecule has 3 rings (SSSR count). The summed E-state index contributed by atoms with van der Waals surface area (Å²) < 4.78 is 5.67. The predicted molar refractivity (Wildman–Crippen MR) is 73.7 cm³/mol. The SMILES string of the molecule is [C-]#[N+]c1cc2c(c(-c3ccc(C)c(O)c3)c1)OCC2. The van der Waals surface area contributed by atoms with Gasteiger partial charge in [0.2, 0.25) is 0 Å². The summed E-state index contributed by atoms with van der Waals surface area (Å²) in [5.74, 6) is 1.10. The monoisotopic (exact) mass is 251 g/mol. The molecule has 0 amide bonds. The first-order valence-corrected chi connectivity index (χ1v) is 6.16. The van der Waals surface area contributed by atoms with Crippen molar-refractivity contribution in [2.75, 3.05) is 6.61 Å². The number of rotatable bonds is 1. The third-order valence-electron chi connectivity index (χ3n) is 3.42. The third kappa shape index (κ3) is 1.92. The van der Waals surface area contributed by atoms with Crippen molar-refractivity contribution >= 4 is 5.69 Å². The van der Waals surface area contributed by atoms with E-state index in [1.54, 1.807) is 6.07 Å². The first kappa shape index (κ1) is 11.6. The lowest BCUT2D eigenvalue weighted by atomic mass is 9.99. The maximum Gasteiger partial charge on any atom is 0.188 e. The molecule has 0 unspecified atom stereocenters. The zero-order chi connectivity index (χ0) is 13.4. The summed E-state index contributed by atoms with van der Waals surface area (Å²) in [5.41, 5.74) is 4.29. The normalized spacial score (nSPS) is 12.6. The van der Waals surface area contributed by atoms with Gasteiger partial charge >= 0.3 is 0 Å². The Morgan fingerprint density at radius 1 is 1.26 bits per heavy atom. The standard InChI is InChI=1S/C16H13NO2/c1-10-3-4-11(8-15(10)18)14-9-13(17-2)7-12-5-6-19-16(12)14/h3-4,7-9,18H,5-6H2,1H3. The Labute approximate surface area is 111 Å². The number of ether oxygens (including phenoxy) is 1. The van der Waals surface area contributed by atoms with E-state index in [4.69, 9.17) is 11.3 Å². The summed E-state index contributed by atoms with van der Waals surface area (Å²) in [6, 6.07) is 9.24. The number of phenols is 1. The van der Waals surface area contributed by atoms with Gasteiger partial charge < -0.3 is 9.84 Å². The number of hydrogen-bond acceptors (Lipinski definition) is 2. The minimum Gasteiger partial charge on any atom is -0.508 e. The topological polar surface area (TPSA) is 33.8 Å². The van der Waals surface area contributed by atoms with E-state index in [2.05, 4.69) is 4.85 Å². The molecule has 3 heteroatoms. The molecule has 3 nitrogen and oxygen atoms in total. The number of hydrogen-bond donors (Lipinski definition) is 1. The van der Waals surface area contributed by atoms with Crippen molar-refractivity contribution in [2.45, 2.75) is 13.3 Å². The Balaban J connectivity index is 2.22. The fraction of sp³-hybridized carbons (Fsp3) is 0.188. The first-order valence-electron chi connectivity index (χ1n) is 6.16. The van der Waals surface area contributed by atoms with Crippen molar-refractivity contribution < 1.29 is 9.84 Å². The van der Waals surface area contributed by atoms with Crippen LogP contribution >= 0.6 is 0 Å². The number of aromatic hydroxyl groups is 1. The lowest BCUT2D eigenvalue weighted by Gasteiger charge is -2.10. The van der Waals surface area contributed by atoms with Gasteiger partial charge in [-0.25, -0.2) is 4.85 Å². The summed E-state index contributed by atoms with van der Waals surface area (Å²) in [4.78, 5) is 3.51. The molecule has 0 atom stereocenters. The van der Waals surface area contributed by atoms with Crippen LogP contribution in [0.1, 0.15) is 11.1 Å². The Kier molecular flexibility index (Phi) is 2.64. The fourth-order valence-electron chi connectivity index (χ4n) is 2.35. The highest BCUT2D eigenvalue weighted by molar-refractivity contribution is 5.78. The highest BCUT2D eigenvalue weighted by atomic mass is 16.5.